The third kappa shape index (κ3) is 4.02. The summed E-state index contributed by atoms with van der Waals surface area (Å²) in [5.41, 5.74) is 0.690. The smallest absolute Gasteiger partial charge is 0.290 e. The predicted molar refractivity (Wildman–Crippen MR) is 45.3 cm³/mol. The minimum atomic E-state index is -0.449. The molecule has 0 amide bonds. The van der Waals surface area contributed by atoms with Crippen molar-refractivity contribution >= 4 is 22.4 Å². The van der Waals surface area contributed by atoms with E-state index in [2.05, 4.69) is 20.9 Å². The van der Waals surface area contributed by atoms with Gasteiger partial charge in [0.05, 0.1) is 4.47 Å². The van der Waals surface area contributed by atoms with Gasteiger partial charge in [-0.2, -0.15) is 4.39 Å². The lowest BCUT2D eigenvalue weighted by Gasteiger charge is -1.92. The van der Waals surface area contributed by atoms with Gasteiger partial charge >= 0.3 is 0 Å². The van der Waals surface area contributed by atoms with Crippen LogP contribution in [0.2, 0.25) is 0 Å². The highest BCUT2D eigenvalue weighted by molar-refractivity contribution is 9.10. The Labute approximate surface area is 77.4 Å². The van der Waals surface area contributed by atoms with Gasteiger partial charge < -0.3 is 5.11 Å². The van der Waals surface area contributed by atoms with Gasteiger partial charge in [-0.05, 0) is 35.0 Å². The summed E-state index contributed by atoms with van der Waals surface area (Å²) < 4.78 is 12.8. The molecule has 66 valence electrons. The number of hydrogen-bond acceptors (Lipinski definition) is 2. The van der Waals surface area contributed by atoms with Crippen molar-refractivity contribution in [2.45, 2.75) is 6.92 Å². The minimum Gasteiger partial charge on any atom is -0.483 e. The van der Waals surface area contributed by atoms with Crippen molar-refractivity contribution in [3.8, 4) is 0 Å². The average Bonchev–Trinajstić information content (AvgIpc) is 1.99. The average molecular weight is 236 g/mol. The Morgan fingerprint density at radius 2 is 2.17 bits per heavy atom. The van der Waals surface area contributed by atoms with E-state index in [0.29, 0.717) is 10.2 Å². The first-order valence-electron chi connectivity index (χ1n) is 2.98. The molecule has 1 heterocycles. The highest BCUT2D eigenvalue weighted by Crippen LogP contribution is 2.11. The summed E-state index contributed by atoms with van der Waals surface area (Å²) in [4.78, 5) is 11.9. The van der Waals surface area contributed by atoms with Gasteiger partial charge in [0.25, 0.3) is 6.47 Å². The van der Waals surface area contributed by atoms with Gasteiger partial charge in [0, 0.05) is 5.69 Å². The van der Waals surface area contributed by atoms with Gasteiger partial charge in [-0.15, -0.1) is 0 Å². The van der Waals surface area contributed by atoms with Crippen LogP contribution in [-0.4, -0.2) is 16.6 Å². The number of aryl methyl sites for hydroxylation is 1. The van der Waals surface area contributed by atoms with Gasteiger partial charge in [0.1, 0.15) is 0 Å². The molecule has 0 saturated heterocycles. The first-order chi connectivity index (χ1) is 5.61. The zero-order valence-corrected chi connectivity index (χ0v) is 7.88. The van der Waals surface area contributed by atoms with Crippen LogP contribution in [0.5, 0.6) is 0 Å². The number of aromatic nitrogens is 1. The molecule has 5 heteroatoms. The largest absolute Gasteiger partial charge is 0.483 e. The van der Waals surface area contributed by atoms with E-state index in [4.69, 9.17) is 9.90 Å². The van der Waals surface area contributed by atoms with Gasteiger partial charge in [0.15, 0.2) is 0 Å². The molecule has 1 aromatic heterocycles. The van der Waals surface area contributed by atoms with Crippen molar-refractivity contribution in [1.29, 1.82) is 0 Å². The first kappa shape index (κ1) is 11.0. The molecular formula is C7H7BrFNO2. The van der Waals surface area contributed by atoms with Crippen molar-refractivity contribution in [3.63, 3.8) is 0 Å². The Morgan fingerprint density at radius 1 is 1.67 bits per heavy atom. The zero-order valence-electron chi connectivity index (χ0n) is 6.29. The molecule has 1 N–H and O–H groups in total. The third-order valence-electron chi connectivity index (χ3n) is 0.942. The standard InChI is InChI=1S/C6H5BrFN.CH2O2/c1-4-2-3-5(7)6(8)9-4;2-1-3/h2-3H,1H3;1H,(H,2,3). The van der Waals surface area contributed by atoms with Crippen molar-refractivity contribution in [2.24, 2.45) is 0 Å². The van der Waals surface area contributed by atoms with E-state index in [0.717, 1.165) is 0 Å². The summed E-state index contributed by atoms with van der Waals surface area (Å²) in [5, 5.41) is 6.89. The van der Waals surface area contributed by atoms with E-state index in [-0.39, 0.29) is 6.47 Å². The molecule has 0 unspecified atom stereocenters. The highest BCUT2D eigenvalue weighted by Gasteiger charge is 1.96. The number of carboxylic acid groups (broad SMARTS) is 1. The van der Waals surface area contributed by atoms with Crippen LogP contribution in [0.15, 0.2) is 16.6 Å². The van der Waals surface area contributed by atoms with E-state index in [1.807, 2.05) is 0 Å². The van der Waals surface area contributed by atoms with Crippen LogP contribution in [0.4, 0.5) is 4.39 Å². The Bertz CT molecular complexity index is 268. The molecule has 12 heavy (non-hydrogen) atoms. The summed E-state index contributed by atoms with van der Waals surface area (Å²) in [5.74, 6) is -0.449. The molecular weight excluding hydrogens is 229 g/mol. The Hall–Kier alpha value is -0.970. The van der Waals surface area contributed by atoms with Crippen LogP contribution in [0, 0.1) is 12.9 Å². The van der Waals surface area contributed by atoms with Crippen LogP contribution in [0.3, 0.4) is 0 Å². The summed E-state index contributed by atoms with van der Waals surface area (Å²) >= 11 is 2.99. The molecule has 0 aliphatic heterocycles. The highest BCUT2D eigenvalue weighted by atomic mass is 79.9. The normalized spacial score (nSPS) is 8.25. The lowest BCUT2D eigenvalue weighted by molar-refractivity contribution is -0.122. The van der Waals surface area contributed by atoms with Crippen LogP contribution < -0.4 is 0 Å². The molecule has 0 bridgehead atoms. The molecule has 1 aromatic rings. The van der Waals surface area contributed by atoms with Gasteiger partial charge in [-0.1, -0.05) is 0 Å². The van der Waals surface area contributed by atoms with E-state index < -0.39 is 5.95 Å². The fourth-order valence-electron chi connectivity index (χ4n) is 0.508. The number of halogens is 2. The lowest BCUT2D eigenvalue weighted by atomic mass is 10.4. The predicted octanol–water partition coefficient (Wildman–Crippen LogP) is 1.99. The quantitative estimate of drug-likeness (QED) is 0.553. The van der Waals surface area contributed by atoms with Crippen LogP contribution in [-0.2, 0) is 4.79 Å². The number of hydrogen-bond donors (Lipinski definition) is 1. The second-order valence-electron chi connectivity index (χ2n) is 1.83. The SMILES string of the molecule is Cc1ccc(Br)c(F)n1.O=CO. The summed E-state index contributed by atoms with van der Waals surface area (Å²) in [7, 11) is 0. The first-order valence-corrected chi connectivity index (χ1v) is 3.77. The van der Waals surface area contributed by atoms with E-state index in [9.17, 15) is 4.39 Å². The minimum absolute atomic E-state index is 0.250. The fourth-order valence-corrected chi connectivity index (χ4v) is 0.729. The maximum Gasteiger partial charge on any atom is 0.290 e. The molecule has 0 spiro atoms. The zero-order chi connectivity index (χ0) is 9.56. The van der Waals surface area contributed by atoms with E-state index in [1.165, 1.54) is 0 Å². The maximum atomic E-state index is 12.4. The van der Waals surface area contributed by atoms with Crippen molar-refractivity contribution in [1.82, 2.24) is 4.98 Å². The number of pyridine rings is 1. The Balaban J connectivity index is 0.000000354. The number of rotatable bonds is 0. The second kappa shape index (κ2) is 5.65. The molecule has 0 saturated carbocycles. The van der Waals surface area contributed by atoms with Crippen LogP contribution in [0.25, 0.3) is 0 Å². The monoisotopic (exact) mass is 235 g/mol. The fraction of sp³-hybridized carbons (Fsp3) is 0.143. The van der Waals surface area contributed by atoms with Crippen LogP contribution in [0.1, 0.15) is 5.69 Å². The molecule has 0 aliphatic carbocycles. The molecule has 0 atom stereocenters. The molecule has 1 rings (SSSR count). The Kier molecular flexibility index (Phi) is 5.19. The van der Waals surface area contributed by atoms with Gasteiger partial charge in [-0.25, -0.2) is 4.98 Å². The lowest BCUT2D eigenvalue weighted by Crippen LogP contribution is -1.85. The summed E-state index contributed by atoms with van der Waals surface area (Å²) in [6.07, 6.45) is 0. The van der Waals surface area contributed by atoms with Crippen molar-refractivity contribution in [3.05, 3.63) is 28.2 Å². The van der Waals surface area contributed by atoms with E-state index >= 15 is 0 Å². The molecule has 0 aliphatic rings. The molecule has 0 radical (unpaired) electrons. The molecule has 0 aromatic carbocycles. The second-order valence-corrected chi connectivity index (χ2v) is 2.69. The molecule has 3 nitrogen and oxygen atoms in total. The maximum absolute atomic E-state index is 12.4. The number of carbonyl (C=O) groups is 1. The van der Waals surface area contributed by atoms with Crippen LogP contribution >= 0.6 is 15.9 Å². The summed E-state index contributed by atoms with van der Waals surface area (Å²) in [6, 6.07) is 3.38. The van der Waals surface area contributed by atoms with E-state index in [1.54, 1.807) is 19.1 Å². The molecule has 0 fully saturated rings. The van der Waals surface area contributed by atoms with Gasteiger partial charge in [-0.3, -0.25) is 4.79 Å². The summed E-state index contributed by atoms with van der Waals surface area (Å²) in [6.45, 7) is 1.50. The third-order valence-corrected chi connectivity index (χ3v) is 1.53. The van der Waals surface area contributed by atoms with Crippen molar-refractivity contribution < 1.29 is 14.3 Å². The van der Waals surface area contributed by atoms with Crippen molar-refractivity contribution in [2.75, 3.05) is 0 Å². The Morgan fingerprint density at radius 3 is 2.50 bits per heavy atom. The topological polar surface area (TPSA) is 50.2 Å². The van der Waals surface area contributed by atoms with Gasteiger partial charge in [0.2, 0.25) is 5.95 Å². The number of nitrogens with zero attached hydrogens (tertiary/aromatic N) is 1.